The minimum absolute atomic E-state index is 0.0561. The first-order valence-electron chi connectivity index (χ1n) is 9.20. The Balaban J connectivity index is 1.49. The van der Waals surface area contributed by atoms with Gasteiger partial charge in [0.25, 0.3) is 5.56 Å². The van der Waals surface area contributed by atoms with Crippen LogP contribution in [0.4, 0.5) is 0 Å². The summed E-state index contributed by atoms with van der Waals surface area (Å²) in [7, 11) is 0. The summed E-state index contributed by atoms with van der Waals surface area (Å²) in [5, 5.41) is 0. The summed E-state index contributed by atoms with van der Waals surface area (Å²) >= 11 is 1.85. The third kappa shape index (κ3) is 3.64. The molecule has 0 saturated carbocycles. The van der Waals surface area contributed by atoms with Crippen LogP contribution in [0.25, 0.3) is 10.4 Å². The van der Waals surface area contributed by atoms with Gasteiger partial charge in [-0.1, -0.05) is 37.3 Å². The molecule has 3 aromatic rings. The number of H-pyrrole nitrogens is 1. The number of aromatic amines is 1. The molecule has 1 aliphatic heterocycles. The Kier molecular flexibility index (Phi) is 5.00. The number of rotatable bonds is 5. The normalized spacial score (nSPS) is 14.3. The zero-order valence-electron chi connectivity index (χ0n) is 15.0. The number of aryl methyl sites for hydroxylation is 1. The van der Waals surface area contributed by atoms with E-state index in [1.54, 1.807) is 0 Å². The van der Waals surface area contributed by atoms with Crippen molar-refractivity contribution in [1.29, 1.82) is 0 Å². The van der Waals surface area contributed by atoms with E-state index in [-0.39, 0.29) is 5.56 Å². The lowest BCUT2D eigenvalue weighted by Gasteiger charge is -2.27. The van der Waals surface area contributed by atoms with Crippen LogP contribution >= 0.6 is 11.3 Å². The summed E-state index contributed by atoms with van der Waals surface area (Å²) in [6.07, 6.45) is 2.60. The molecule has 26 heavy (non-hydrogen) atoms. The lowest BCUT2D eigenvalue weighted by atomic mass is 10.1. The van der Waals surface area contributed by atoms with Crippen LogP contribution in [0.1, 0.15) is 35.3 Å². The fourth-order valence-electron chi connectivity index (χ4n) is 3.48. The number of aromatic nitrogens is 2. The topological polar surface area (TPSA) is 49.0 Å². The van der Waals surface area contributed by atoms with Crippen molar-refractivity contribution < 1.29 is 0 Å². The Morgan fingerprint density at radius 2 is 2.04 bits per heavy atom. The van der Waals surface area contributed by atoms with Crippen molar-refractivity contribution in [3.8, 4) is 10.4 Å². The van der Waals surface area contributed by atoms with E-state index in [4.69, 9.17) is 4.98 Å². The summed E-state index contributed by atoms with van der Waals surface area (Å²) in [5.74, 6) is 0.820. The molecular weight excluding hydrogens is 342 g/mol. The van der Waals surface area contributed by atoms with E-state index in [1.807, 2.05) is 17.4 Å². The zero-order valence-corrected chi connectivity index (χ0v) is 15.8. The Bertz CT molecular complexity index is 945. The minimum Gasteiger partial charge on any atom is -0.310 e. The van der Waals surface area contributed by atoms with Crippen molar-refractivity contribution in [2.24, 2.45) is 0 Å². The fourth-order valence-corrected chi connectivity index (χ4v) is 4.53. The smallest absolute Gasteiger partial charge is 0.254 e. The number of benzene rings is 1. The molecule has 0 fully saturated rings. The van der Waals surface area contributed by atoms with Crippen molar-refractivity contribution in [1.82, 2.24) is 14.9 Å². The molecule has 0 spiro atoms. The molecule has 1 N–H and O–H groups in total. The van der Waals surface area contributed by atoms with Gasteiger partial charge in [0.05, 0.1) is 5.69 Å². The molecule has 4 nitrogen and oxygen atoms in total. The standard InChI is InChI=1S/C21H23N3OS/c1-2-6-20-22-18-14-24(12-11-17(18)21(25)23-20)13-16-9-10-19(26-16)15-7-4-3-5-8-15/h3-5,7-10H,2,6,11-14H2,1H3,(H,22,23,25). The molecule has 0 saturated heterocycles. The number of fused-ring (bicyclic) bond motifs is 1. The molecule has 134 valence electrons. The molecule has 1 aromatic carbocycles. The molecule has 0 bridgehead atoms. The van der Waals surface area contributed by atoms with E-state index < -0.39 is 0 Å². The number of thiophene rings is 1. The van der Waals surface area contributed by atoms with Gasteiger partial charge in [-0.05, 0) is 30.5 Å². The number of hydrogen-bond acceptors (Lipinski definition) is 4. The number of hydrogen-bond donors (Lipinski definition) is 1. The molecule has 0 aliphatic carbocycles. The molecule has 3 heterocycles. The highest BCUT2D eigenvalue weighted by Crippen LogP contribution is 2.29. The maximum atomic E-state index is 12.3. The third-order valence-electron chi connectivity index (χ3n) is 4.79. The Morgan fingerprint density at radius 3 is 2.85 bits per heavy atom. The molecule has 0 radical (unpaired) electrons. The second kappa shape index (κ2) is 7.56. The summed E-state index contributed by atoms with van der Waals surface area (Å²) in [6.45, 7) is 4.68. The van der Waals surface area contributed by atoms with Gasteiger partial charge in [-0.2, -0.15) is 0 Å². The lowest BCUT2D eigenvalue weighted by molar-refractivity contribution is 0.242. The van der Waals surface area contributed by atoms with Crippen LogP contribution in [0.15, 0.2) is 47.3 Å². The number of nitrogens with zero attached hydrogens (tertiary/aromatic N) is 2. The molecule has 0 atom stereocenters. The van der Waals surface area contributed by atoms with Crippen LogP contribution in [-0.2, 0) is 25.9 Å². The van der Waals surface area contributed by atoms with E-state index in [9.17, 15) is 4.79 Å². The summed E-state index contributed by atoms with van der Waals surface area (Å²) in [4.78, 5) is 25.0. The first kappa shape index (κ1) is 17.2. The SMILES string of the molecule is CCCc1nc2c(c(=O)[nH]1)CCN(Cc1ccc(-c3ccccc3)s1)C2. The lowest BCUT2D eigenvalue weighted by Crippen LogP contribution is -2.35. The first-order valence-corrected chi connectivity index (χ1v) is 10.0. The zero-order chi connectivity index (χ0) is 17.9. The van der Waals surface area contributed by atoms with E-state index >= 15 is 0 Å². The van der Waals surface area contributed by atoms with E-state index in [0.29, 0.717) is 0 Å². The highest BCUT2D eigenvalue weighted by atomic mass is 32.1. The van der Waals surface area contributed by atoms with Crippen LogP contribution < -0.4 is 5.56 Å². The van der Waals surface area contributed by atoms with Crippen LogP contribution in [-0.4, -0.2) is 21.4 Å². The van der Waals surface area contributed by atoms with Crippen LogP contribution in [0, 0.1) is 0 Å². The molecule has 2 aromatic heterocycles. The monoisotopic (exact) mass is 365 g/mol. The van der Waals surface area contributed by atoms with Crippen molar-refractivity contribution in [3.63, 3.8) is 0 Å². The van der Waals surface area contributed by atoms with Crippen LogP contribution in [0.5, 0.6) is 0 Å². The summed E-state index contributed by atoms with van der Waals surface area (Å²) < 4.78 is 0. The highest BCUT2D eigenvalue weighted by Gasteiger charge is 2.21. The molecular formula is C21H23N3OS. The number of nitrogens with one attached hydrogen (secondary N) is 1. The van der Waals surface area contributed by atoms with E-state index in [0.717, 1.165) is 56.0 Å². The predicted molar refractivity (Wildman–Crippen MR) is 106 cm³/mol. The predicted octanol–water partition coefficient (Wildman–Crippen LogP) is 4.01. The maximum Gasteiger partial charge on any atom is 0.254 e. The van der Waals surface area contributed by atoms with Gasteiger partial charge in [0.2, 0.25) is 0 Å². The average molecular weight is 366 g/mol. The molecule has 5 heteroatoms. The van der Waals surface area contributed by atoms with Crippen molar-refractivity contribution >= 4 is 11.3 Å². The van der Waals surface area contributed by atoms with Gasteiger partial charge in [-0.25, -0.2) is 4.98 Å². The minimum atomic E-state index is 0.0561. The molecule has 1 aliphatic rings. The van der Waals surface area contributed by atoms with Gasteiger partial charge in [-0.15, -0.1) is 11.3 Å². The van der Waals surface area contributed by atoms with E-state index in [2.05, 4.69) is 53.2 Å². The van der Waals surface area contributed by atoms with Crippen LogP contribution in [0.2, 0.25) is 0 Å². The Hall–Kier alpha value is -2.24. The summed E-state index contributed by atoms with van der Waals surface area (Å²) in [6, 6.07) is 14.9. The van der Waals surface area contributed by atoms with Gasteiger partial charge in [0, 0.05) is 41.4 Å². The second-order valence-electron chi connectivity index (χ2n) is 6.78. The fraction of sp³-hybridized carbons (Fsp3) is 0.333. The second-order valence-corrected chi connectivity index (χ2v) is 7.95. The molecule has 4 rings (SSSR count). The summed E-state index contributed by atoms with van der Waals surface area (Å²) in [5.41, 5.74) is 3.16. The van der Waals surface area contributed by atoms with Gasteiger partial charge in [-0.3, -0.25) is 9.69 Å². The molecule has 0 amide bonds. The average Bonchev–Trinajstić information content (AvgIpc) is 3.11. The maximum absolute atomic E-state index is 12.3. The van der Waals surface area contributed by atoms with E-state index in [1.165, 1.54) is 15.3 Å². The van der Waals surface area contributed by atoms with Gasteiger partial charge < -0.3 is 4.98 Å². The Labute approximate surface area is 157 Å². The van der Waals surface area contributed by atoms with Crippen molar-refractivity contribution in [2.45, 2.75) is 39.3 Å². The van der Waals surface area contributed by atoms with Gasteiger partial charge in [0.15, 0.2) is 0 Å². The van der Waals surface area contributed by atoms with Gasteiger partial charge in [0.1, 0.15) is 5.82 Å². The van der Waals surface area contributed by atoms with Crippen molar-refractivity contribution in [3.05, 3.63) is 74.8 Å². The van der Waals surface area contributed by atoms with Gasteiger partial charge >= 0.3 is 0 Å². The highest BCUT2D eigenvalue weighted by molar-refractivity contribution is 7.15. The first-order chi connectivity index (χ1) is 12.7. The largest absolute Gasteiger partial charge is 0.310 e. The Morgan fingerprint density at radius 1 is 1.19 bits per heavy atom. The third-order valence-corrected chi connectivity index (χ3v) is 5.91. The van der Waals surface area contributed by atoms with Crippen molar-refractivity contribution in [2.75, 3.05) is 6.54 Å². The van der Waals surface area contributed by atoms with Crippen LogP contribution in [0.3, 0.4) is 0 Å². The quantitative estimate of drug-likeness (QED) is 0.743. The molecule has 0 unspecified atom stereocenters.